The number of imidazole rings is 1. The first-order chi connectivity index (χ1) is 11.7. The van der Waals surface area contributed by atoms with E-state index in [0.29, 0.717) is 6.54 Å². The van der Waals surface area contributed by atoms with Gasteiger partial charge in [0, 0.05) is 55.3 Å². The Bertz CT molecular complexity index is 677. The molecule has 128 valence electrons. The van der Waals surface area contributed by atoms with Crippen LogP contribution < -0.4 is 10.2 Å². The normalized spacial score (nSPS) is 15.5. The molecule has 0 radical (unpaired) electrons. The summed E-state index contributed by atoms with van der Waals surface area (Å²) in [5.41, 5.74) is 0.826. The van der Waals surface area contributed by atoms with Crippen molar-refractivity contribution in [3.05, 3.63) is 41.1 Å². The van der Waals surface area contributed by atoms with E-state index >= 15 is 0 Å². The van der Waals surface area contributed by atoms with Gasteiger partial charge in [-0.1, -0.05) is 15.9 Å². The number of hydrogen-bond acceptors (Lipinski definition) is 4. The quantitative estimate of drug-likeness (QED) is 0.850. The van der Waals surface area contributed by atoms with Crippen molar-refractivity contribution in [1.29, 1.82) is 0 Å². The molecule has 1 saturated heterocycles. The number of hydrogen-bond donors (Lipinski definition) is 1. The maximum atomic E-state index is 12.2. The number of anilines is 2. The fourth-order valence-corrected chi connectivity index (χ4v) is 3.14. The third-order valence-electron chi connectivity index (χ3n) is 4.18. The van der Waals surface area contributed by atoms with Crippen molar-refractivity contribution in [2.75, 3.05) is 42.9 Å². The van der Waals surface area contributed by atoms with Gasteiger partial charge in [0.25, 0.3) is 0 Å². The molecule has 2 aromatic rings. The molecule has 0 bridgehead atoms. The van der Waals surface area contributed by atoms with Gasteiger partial charge >= 0.3 is 0 Å². The number of halogens is 1. The highest BCUT2D eigenvalue weighted by Crippen LogP contribution is 2.15. The molecule has 7 heteroatoms. The number of carbonyl (C=O) groups is 1. The third-order valence-corrected chi connectivity index (χ3v) is 4.71. The molecule has 1 N–H and O–H groups in total. The Kier molecular flexibility index (Phi) is 5.52. The van der Waals surface area contributed by atoms with Crippen LogP contribution in [0.15, 0.2) is 41.1 Å². The van der Waals surface area contributed by atoms with Crippen LogP contribution >= 0.6 is 15.9 Å². The lowest BCUT2D eigenvalue weighted by molar-refractivity contribution is -0.117. The fourth-order valence-electron chi connectivity index (χ4n) is 2.87. The van der Waals surface area contributed by atoms with Crippen LogP contribution in [0.4, 0.5) is 11.6 Å². The number of nitrogens with one attached hydrogen (secondary N) is 1. The van der Waals surface area contributed by atoms with E-state index in [0.717, 1.165) is 48.8 Å². The van der Waals surface area contributed by atoms with E-state index in [4.69, 9.17) is 0 Å². The Labute approximate surface area is 150 Å². The summed E-state index contributed by atoms with van der Waals surface area (Å²) >= 11 is 3.39. The molecule has 1 aromatic carbocycles. The largest absolute Gasteiger partial charge is 0.340 e. The Balaban J connectivity index is 1.48. The van der Waals surface area contributed by atoms with Gasteiger partial charge in [-0.15, -0.1) is 0 Å². The van der Waals surface area contributed by atoms with E-state index in [2.05, 4.69) is 47.5 Å². The summed E-state index contributed by atoms with van der Waals surface area (Å²) < 4.78 is 3.15. The van der Waals surface area contributed by atoms with Gasteiger partial charge in [0.05, 0.1) is 6.54 Å². The molecule has 0 aliphatic carbocycles. The number of aryl methyl sites for hydroxylation is 1. The third kappa shape index (κ3) is 4.15. The first-order valence-electron chi connectivity index (χ1n) is 8.19. The van der Waals surface area contributed by atoms with Crippen LogP contribution in [0.3, 0.4) is 0 Å². The highest BCUT2D eigenvalue weighted by atomic mass is 79.9. The Morgan fingerprint density at radius 2 is 1.92 bits per heavy atom. The lowest BCUT2D eigenvalue weighted by Crippen LogP contribution is -2.49. The minimum atomic E-state index is 0.0285. The van der Waals surface area contributed by atoms with Gasteiger partial charge in [0.2, 0.25) is 11.9 Å². The predicted molar refractivity (Wildman–Crippen MR) is 99.3 cm³/mol. The van der Waals surface area contributed by atoms with E-state index in [1.54, 1.807) is 0 Å². The van der Waals surface area contributed by atoms with Crippen molar-refractivity contribution in [1.82, 2.24) is 14.5 Å². The summed E-state index contributed by atoms with van der Waals surface area (Å²) in [7, 11) is 0. The van der Waals surface area contributed by atoms with E-state index in [9.17, 15) is 4.79 Å². The van der Waals surface area contributed by atoms with Crippen LogP contribution in [0.1, 0.15) is 6.92 Å². The van der Waals surface area contributed by atoms with Crippen molar-refractivity contribution in [2.24, 2.45) is 0 Å². The van der Waals surface area contributed by atoms with E-state index < -0.39 is 0 Å². The van der Waals surface area contributed by atoms with E-state index in [1.165, 1.54) is 0 Å². The number of amides is 1. The van der Waals surface area contributed by atoms with Crippen LogP contribution in [0.25, 0.3) is 0 Å². The number of benzene rings is 1. The maximum Gasteiger partial charge on any atom is 0.238 e. The molecule has 1 fully saturated rings. The molecule has 1 aromatic heterocycles. The second kappa shape index (κ2) is 7.81. The van der Waals surface area contributed by atoms with Crippen LogP contribution in [-0.4, -0.2) is 53.1 Å². The summed E-state index contributed by atoms with van der Waals surface area (Å²) in [6.45, 7) is 6.98. The zero-order valence-electron chi connectivity index (χ0n) is 13.8. The second-order valence-electron chi connectivity index (χ2n) is 5.83. The fraction of sp³-hybridized carbons (Fsp3) is 0.412. The summed E-state index contributed by atoms with van der Waals surface area (Å²) in [6.07, 6.45) is 3.85. The molecular formula is C17H22BrN5O. The summed E-state index contributed by atoms with van der Waals surface area (Å²) in [6, 6.07) is 7.63. The van der Waals surface area contributed by atoms with Crippen molar-refractivity contribution < 1.29 is 4.79 Å². The molecule has 0 atom stereocenters. The van der Waals surface area contributed by atoms with Gasteiger partial charge in [0.15, 0.2) is 0 Å². The molecule has 24 heavy (non-hydrogen) atoms. The zero-order valence-corrected chi connectivity index (χ0v) is 15.4. The minimum Gasteiger partial charge on any atom is -0.340 e. The number of aromatic nitrogens is 2. The number of nitrogens with zero attached hydrogens (tertiary/aromatic N) is 4. The average Bonchev–Trinajstić information content (AvgIpc) is 3.06. The highest BCUT2D eigenvalue weighted by Gasteiger charge is 2.21. The summed E-state index contributed by atoms with van der Waals surface area (Å²) in [4.78, 5) is 21.1. The molecule has 6 nitrogen and oxygen atoms in total. The Morgan fingerprint density at radius 3 is 2.58 bits per heavy atom. The van der Waals surface area contributed by atoms with E-state index in [1.807, 2.05) is 36.7 Å². The van der Waals surface area contributed by atoms with Crippen molar-refractivity contribution >= 4 is 33.5 Å². The molecule has 0 spiro atoms. The van der Waals surface area contributed by atoms with Crippen LogP contribution in [0.2, 0.25) is 0 Å². The second-order valence-corrected chi connectivity index (χ2v) is 6.75. The van der Waals surface area contributed by atoms with Crippen molar-refractivity contribution in [3.63, 3.8) is 0 Å². The van der Waals surface area contributed by atoms with Crippen molar-refractivity contribution in [3.8, 4) is 0 Å². The standard InChI is InChI=1S/C17H22BrN5O/c1-2-22-8-7-19-17(22)23-11-9-21(10-12-23)13-16(24)20-15-5-3-14(18)4-6-15/h3-8H,2,9-13H2,1H3,(H,20,24). The molecule has 0 saturated carbocycles. The number of rotatable bonds is 5. The summed E-state index contributed by atoms with van der Waals surface area (Å²) in [5.74, 6) is 1.05. The zero-order chi connectivity index (χ0) is 16.9. The molecule has 1 amide bonds. The molecule has 2 heterocycles. The lowest BCUT2D eigenvalue weighted by Gasteiger charge is -2.35. The topological polar surface area (TPSA) is 53.4 Å². The number of piperazine rings is 1. The first kappa shape index (κ1) is 17.0. The van der Waals surface area contributed by atoms with E-state index in [-0.39, 0.29) is 5.91 Å². The van der Waals surface area contributed by atoms with Gasteiger partial charge in [0.1, 0.15) is 0 Å². The average molecular weight is 392 g/mol. The molecule has 1 aliphatic heterocycles. The van der Waals surface area contributed by atoms with Gasteiger partial charge in [-0.3, -0.25) is 9.69 Å². The monoisotopic (exact) mass is 391 g/mol. The maximum absolute atomic E-state index is 12.2. The van der Waals surface area contributed by atoms with Gasteiger partial charge in [-0.25, -0.2) is 4.98 Å². The predicted octanol–water partition coefficient (Wildman–Crippen LogP) is 2.43. The summed E-state index contributed by atoms with van der Waals surface area (Å²) in [5, 5.41) is 2.94. The molecular weight excluding hydrogens is 370 g/mol. The SMILES string of the molecule is CCn1ccnc1N1CCN(CC(=O)Nc2ccc(Br)cc2)CC1. The van der Waals surface area contributed by atoms with Crippen LogP contribution in [0.5, 0.6) is 0 Å². The smallest absolute Gasteiger partial charge is 0.238 e. The molecule has 3 rings (SSSR count). The highest BCUT2D eigenvalue weighted by molar-refractivity contribution is 9.10. The molecule has 0 unspecified atom stereocenters. The van der Waals surface area contributed by atoms with Gasteiger partial charge < -0.3 is 14.8 Å². The van der Waals surface area contributed by atoms with Crippen LogP contribution in [-0.2, 0) is 11.3 Å². The van der Waals surface area contributed by atoms with Crippen molar-refractivity contribution in [2.45, 2.75) is 13.5 Å². The minimum absolute atomic E-state index is 0.0285. The number of carbonyl (C=O) groups excluding carboxylic acids is 1. The Morgan fingerprint density at radius 1 is 1.21 bits per heavy atom. The first-order valence-corrected chi connectivity index (χ1v) is 8.99. The lowest BCUT2D eigenvalue weighted by atomic mass is 10.3. The van der Waals surface area contributed by atoms with Gasteiger partial charge in [-0.05, 0) is 31.2 Å². The van der Waals surface area contributed by atoms with Gasteiger partial charge in [-0.2, -0.15) is 0 Å². The molecule has 1 aliphatic rings. The van der Waals surface area contributed by atoms with Crippen LogP contribution in [0, 0.1) is 0 Å². The Hall–Kier alpha value is -1.86.